The zero-order chi connectivity index (χ0) is 14.9. The van der Waals surface area contributed by atoms with Crippen molar-refractivity contribution in [3.8, 4) is 0 Å². The Balaban J connectivity index is 1.47. The highest BCUT2D eigenvalue weighted by Gasteiger charge is 2.25. The van der Waals surface area contributed by atoms with E-state index in [9.17, 15) is 0 Å². The van der Waals surface area contributed by atoms with Crippen LogP contribution in [0.25, 0.3) is 5.65 Å². The van der Waals surface area contributed by atoms with E-state index in [2.05, 4.69) is 35.1 Å². The van der Waals surface area contributed by atoms with Gasteiger partial charge in [-0.15, -0.1) is 10.2 Å². The number of aryl methyl sites for hydroxylation is 1. The molecule has 0 unspecified atom stereocenters. The number of hydrogen-bond acceptors (Lipinski definition) is 7. The number of piperidine rings is 1. The van der Waals surface area contributed by atoms with Crippen LogP contribution in [0.1, 0.15) is 36.0 Å². The molecule has 0 bridgehead atoms. The number of likely N-dealkylation sites (tertiary alicyclic amines) is 1. The van der Waals surface area contributed by atoms with Gasteiger partial charge in [0.15, 0.2) is 11.5 Å². The largest absolute Gasteiger partial charge is 0.297 e. The van der Waals surface area contributed by atoms with Gasteiger partial charge in [-0.05, 0) is 45.0 Å². The first-order chi connectivity index (χ1) is 10.8. The molecule has 0 saturated carbocycles. The first-order valence-corrected chi connectivity index (χ1v) is 7.47. The van der Waals surface area contributed by atoms with Crippen molar-refractivity contribution in [3.63, 3.8) is 0 Å². The molecule has 0 spiro atoms. The Morgan fingerprint density at radius 2 is 2.09 bits per heavy atom. The van der Waals surface area contributed by atoms with E-state index in [0.29, 0.717) is 5.92 Å². The van der Waals surface area contributed by atoms with Gasteiger partial charge in [0, 0.05) is 12.5 Å². The molecule has 0 radical (unpaired) electrons. The fourth-order valence-corrected chi connectivity index (χ4v) is 2.98. The Bertz CT molecular complexity index is 759. The molecular formula is C14H17N7O. The molecule has 22 heavy (non-hydrogen) atoms. The minimum atomic E-state index is 0.399. The van der Waals surface area contributed by atoms with Crippen molar-refractivity contribution in [2.45, 2.75) is 32.2 Å². The van der Waals surface area contributed by atoms with E-state index in [0.717, 1.165) is 55.3 Å². The van der Waals surface area contributed by atoms with Gasteiger partial charge in [0.2, 0.25) is 0 Å². The summed E-state index contributed by atoms with van der Waals surface area (Å²) in [5.74, 6) is 1.37. The molecule has 3 aromatic heterocycles. The van der Waals surface area contributed by atoms with E-state index in [1.807, 2.05) is 23.6 Å². The Labute approximate surface area is 127 Å². The van der Waals surface area contributed by atoms with Gasteiger partial charge in [0.25, 0.3) is 0 Å². The van der Waals surface area contributed by atoms with Crippen LogP contribution >= 0.6 is 0 Å². The van der Waals surface area contributed by atoms with Gasteiger partial charge >= 0.3 is 0 Å². The van der Waals surface area contributed by atoms with Crippen molar-refractivity contribution in [2.75, 3.05) is 13.1 Å². The lowest BCUT2D eigenvalue weighted by Gasteiger charge is -2.30. The Kier molecular flexibility index (Phi) is 3.30. The third-order valence-electron chi connectivity index (χ3n) is 4.17. The summed E-state index contributed by atoms with van der Waals surface area (Å²) in [6.45, 7) is 4.77. The summed E-state index contributed by atoms with van der Waals surface area (Å²) in [6.07, 6.45) is 3.76. The predicted molar refractivity (Wildman–Crippen MR) is 77.1 cm³/mol. The molecule has 0 amide bonds. The molecule has 8 nitrogen and oxygen atoms in total. The van der Waals surface area contributed by atoms with Crippen LogP contribution < -0.4 is 0 Å². The zero-order valence-electron chi connectivity index (χ0n) is 12.4. The molecule has 0 aliphatic carbocycles. The summed E-state index contributed by atoms with van der Waals surface area (Å²) in [5, 5.41) is 20.6. The number of rotatable bonds is 3. The van der Waals surface area contributed by atoms with Crippen LogP contribution in [0, 0.1) is 6.92 Å². The summed E-state index contributed by atoms with van der Waals surface area (Å²) < 4.78 is 6.53. The highest BCUT2D eigenvalue weighted by molar-refractivity contribution is 5.36. The van der Waals surface area contributed by atoms with Gasteiger partial charge in [0.05, 0.1) is 11.9 Å². The maximum atomic E-state index is 4.64. The van der Waals surface area contributed by atoms with Gasteiger partial charge in [-0.25, -0.2) is 4.63 Å². The second-order valence-electron chi connectivity index (χ2n) is 5.75. The van der Waals surface area contributed by atoms with Crippen molar-refractivity contribution >= 4 is 5.65 Å². The molecule has 1 aliphatic heterocycles. The van der Waals surface area contributed by atoms with Crippen molar-refractivity contribution in [1.82, 2.24) is 35.0 Å². The first kappa shape index (κ1) is 13.3. The number of fused-ring (bicyclic) bond motifs is 1. The number of aromatic nitrogens is 6. The molecule has 1 aliphatic rings. The van der Waals surface area contributed by atoms with E-state index in [4.69, 9.17) is 0 Å². The smallest absolute Gasteiger partial charge is 0.177 e. The second kappa shape index (κ2) is 5.45. The molecule has 3 aromatic rings. The van der Waals surface area contributed by atoms with Gasteiger partial charge in [-0.3, -0.25) is 4.90 Å². The Morgan fingerprint density at radius 1 is 1.23 bits per heavy atom. The van der Waals surface area contributed by atoms with Crippen LogP contribution in [-0.4, -0.2) is 48.1 Å². The van der Waals surface area contributed by atoms with E-state index in [1.165, 1.54) is 0 Å². The van der Waals surface area contributed by atoms with E-state index >= 15 is 0 Å². The molecule has 1 saturated heterocycles. The van der Waals surface area contributed by atoms with E-state index in [1.54, 1.807) is 6.20 Å². The summed E-state index contributed by atoms with van der Waals surface area (Å²) >= 11 is 0. The molecule has 4 heterocycles. The van der Waals surface area contributed by atoms with Crippen molar-refractivity contribution in [3.05, 3.63) is 35.5 Å². The third kappa shape index (κ3) is 2.45. The lowest BCUT2D eigenvalue weighted by molar-refractivity contribution is 0.194. The predicted octanol–water partition coefficient (Wildman–Crippen LogP) is 1.20. The summed E-state index contributed by atoms with van der Waals surface area (Å²) in [6, 6.07) is 3.92. The van der Waals surface area contributed by atoms with Crippen molar-refractivity contribution in [2.24, 2.45) is 0 Å². The highest BCUT2D eigenvalue weighted by Crippen LogP contribution is 2.27. The lowest BCUT2D eigenvalue weighted by Crippen LogP contribution is -2.33. The summed E-state index contributed by atoms with van der Waals surface area (Å²) in [4.78, 5) is 2.36. The minimum Gasteiger partial charge on any atom is -0.297 e. The van der Waals surface area contributed by atoms with Crippen molar-refractivity contribution < 1.29 is 4.63 Å². The number of hydrogen-bond donors (Lipinski definition) is 0. The van der Waals surface area contributed by atoms with Gasteiger partial charge < -0.3 is 0 Å². The standard InChI is InChI=1S/C14H17N7O/c1-10-2-3-13-16-17-14(21(13)18-10)11-4-6-20(7-5-11)9-12-8-15-22-19-12/h2-3,8,11H,4-7,9H2,1H3. The molecule has 8 heteroatoms. The van der Waals surface area contributed by atoms with Gasteiger partial charge in [-0.2, -0.15) is 9.61 Å². The highest BCUT2D eigenvalue weighted by atomic mass is 16.6. The van der Waals surface area contributed by atoms with E-state index < -0.39 is 0 Å². The minimum absolute atomic E-state index is 0.399. The Hall–Kier alpha value is -2.35. The maximum Gasteiger partial charge on any atom is 0.177 e. The molecule has 114 valence electrons. The molecule has 0 N–H and O–H groups in total. The monoisotopic (exact) mass is 299 g/mol. The quantitative estimate of drug-likeness (QED) is 0.718. The topological polar surface area (TPSA) is 85.2 Å². The average molecular weight is 299 g/mol. The number of nitrogens with zero attached hydrogens (tertiary/aromatic N) is 7. The second-order valence-corrected chi connectivity index (χ2v) is 5.75. The normalized spacial score (nSPS) is 17.3. The molecule has 0 atom stereocenters. The Morgan fingerprint density at radius 3 is 2.86 bits per heavy atom. The molecular weight excluding hydrogens is 282 g/mol. The summed E-state index contributed by atoms with van der Waals surface area (Å²) in [5.41, 5.74) is 2.67. The SMILES string of the molecule is Cc1ccc2nnc(C3CCN(Cc4cnon4)CC3)n2n1. The molecule has 0 aromatic carbocycles. The zero-order valence-corrected chi connectivity index (χ0v) is 12.4. The van der Waals surface area contributed by atoms with Gasteiger partial charge in [0.1, 0.15) is 5.69 Å². The first-order valence-electron chi connectivity index (χ1n) is 7.47. The van der Waals surface area contributed by atoms with Crippen LogP contribution in [0.4, 0.5) is 0 Å². The fraction of sp³-hybridized carbons (Fsp3) is 0.500. The van der Waals surface area contributed by atoms with E-state index in [-0.39, 0.29) is 0 Å². The van der Waals surface area contributed by atoms with Gasteiger partial charge in [-0.1, -0.05) is 10.3 Å². The van der Waals surface area contributed by atoms with Crippen LogP contribution in [0.3, 0.4) is 0 Å². The third-order valence-corrected chi connectivity index (χ3v) is 4.17. The van der Waals surface area contributed by atoms with Crippen LogP contribution in [-0.2, 0) is 6.54 Å². The van der Waals surface area contributed by atoms with Crippen LogP contribution in [0.2, 0.25) is 0 Å². The fourth-order valence-electron chi connectivity index (χ4n) is 2.98. The van der Waals surface area contributed by atoms with Crippen molar-refractivity contribution in [1.29, 1.82) is 0 Å². The molecule has 4 rings (SSSR count). The molecule has 1 fully saturated rings. The summed E-state index contributed by atoms with van der Waals surface area (Å²) in [7, 11) is 0. The maximum absolute atomic E-state index is 4.64. The lowest BCUT2D eigenvalue weighted by atomic mass is 9.96. The van der Waals surface area contributed by atoms with Crippen LogP contribution in [0.5, 0.6) is 0 Å². The van der Waals surface area contributed by atoms with Crippen LogP contribution in [0.15, 0.2) is 23.0 Å². The average Bonchev–Trinajstić information content (AvgIpc) is 3.17.